The molecule has 4 heteroatoms. The minimum atomic E-state index is -0.545. The van der Waals surface area contributed by atoms with E-state index in [1.54, 1.807) is 17.5 Å². The van der Waals surface area contributed by atoms with Crippen LogP contribution in [0, 0.1) is 6.92 Å². The average molecular weight is 222 g/mol. The summed E-state index contributed by atoms with van der Waals surface area (Å²) in [5.74, 6) is 0. The molecule has 0 spiro atoms. The molecule has 0 saturated carbocycles. The molecule has 1 N–H and O–H groups in total. The number of aryl methyl sites for hydroxylation is 2. The molecule has 1 atom stereocenters. The molecule has 0 aromatic carbocycles. The van der Waals surface area contributed by atoms with E-state index in [4.69, 9.17) is 0 Å². The molecule has 0 saturated heterocycles. The van der Waals surface area contributed by atoms with Crippen LogP contribution in [0.4, 0.5) is 0 Å². The largest absolute Gasteiger partial charge is 0.383 e. The molecule has 0 amide bonds. The Hall–Kier alpha value is -1.13. The monoisotopic (exact) mass is 222 g/mol. The van der Waals surface area contributed by atoms with Crippen molar-refractivity contribution in [3.8, 4) is 0 Å². The van der Waals surface area contributed by atoms with Crippen LogP contribution in [-0.2, 0) is 6.54 Å². The van der Waals surface area contributed by atoms with Crippen LogP contribution in [0.2, 0.25) is 0 Å². The third-order valence-electron chi connectivity index (χ3n) is 2.48. The van der Waals surface area contributed by atoms with Crippen LogP contribution in [0.5, 0.6) is 0 Å². The molecule has 1 unspecified atom stereocenters. The van der Waals surface area contributed by atoms with E-state index < -0.39 is 6.10 Å². The summed E-state index contributed by atoms with van der Waals surface area (Å²) in [4.78, 5) is 0. The fourth-order valence-corrected chi connectivity index (χ4v) is 2.39. The van der Waals surface area contributed by atoms with Crippen molar-refractivity contribution >= 4 is 11.3 Å². The van der Waals surface area contributed by atoms with Gasteiger partial charge in [-0.3, -0.25) is 4.68 Å². The Balaban J connectivity index is 2.28. The molecule has 2 aromatic rings. The maximum atomic E-state index is 10.1. The smallest absolute Gasteiger partial charge is 0.108 e. The number of thiophene rings is 1. The maximum Gasteiger partial charge on any atom is 0.108 e. The number of hydrogen-bond acceptors (Lipinski definition) is 3. The van der Waals surface area contributed by atoms with Gasteiger partial charge in [0.25, 0.3) is 0 Å². The third-order valence-corrected chi connectivity index (χ3v) is 3.36. The van der Waals surface area contributed by atoms with Gasteiger partial charge in [-0.25, -0.2) is 0 Å². The van der Waals surface area contributed by atoms with Gasteiger partial charge < -0.3 is 5.11 Å². The standard InChI is InChI=1S/C11H14N2OS/c1-3-13-5-9(4-12-13)11(14)10-7-15-6-8(10)2/h4-7,11,14H,3H2,1-2H3. The van der Waals surface area contributed by atoms with E-state index in [9.17, 15) is 5.11 Å². The molecule has 0 aliphatic rings. The zero-order chi connectivity index (χ0) is 10.8. The Kier molecular flexibility index (Phi) is 2.88. The fraction of sp³-hybridized carbons (Fsp3) is 0.364. The first-order valence-electron chi connectivity index (χ1n) is 4.95. The van der Waals surface area contributed by atoms with Gasteiger partial charge in [0.05, 0.1) is 6.20 Å². The first-order valence-corrected chi connectivity index (χ1v) is 5.89. The van der Waals surface area contributed by atoms with Crippen molar-refractivity contribution in [1.29, 1.82) is 0 Å². The van der Waals surface area contributed by atoms with Crippen LogP contribution in [0.1, 0.15) is 29.7 Å². The second kappa shape index (κ2) is 4.16. The molecule has 2 aromatic heterocycles. The lowest BCUT2D eigenvalue weighted by atomic mass is 10.1. The molecule has 2 rings (SSSR count). The molecule has 0 aliphatic heterocycles. The summed E-state index contributed by atoms with van der Waals surface area (Å²) in [5, 5.41) is 18.3. The summed E-state index contributed by atoms with van der Waals surface area (Å²) >= 11 is 1.61. The van der Waals surface area contributed by atoms with E-state index in [0.717, 1.165) is 23.2 Å². The molecule has 0 bridgehead atoms. The first-order chi connectivity index (χ1) is 7.22. The average Bonchev–Trinajstić information content (AvgIpc) is 2.84. The lowest BCUT2D eigenvalue weighted by Crippen LogP contribution is -1.98. The molecule has 0 fully saturated rings. The second-order valence-corrected chi connectivity index (χ2v) is 4.29. The first kappa shape index (κ1) is 10.4. The highest BCUT2D eigenvalue weighted by Gasteiger charge is 2.15. The zero-order valence-electron chi connectivity index (χ0n) is 8.84. The van der Waals surface area contributed by atoms with Gasteiger partial charge >= 0.3 is 0 Å². The summed E-state index contributed by atoms with van der Waals surface area (Å²) < 4.78 is 1.82. The van der Waals surface area contributed by atoms with E-state index >= 15 is 0 Å². The number of aliphatic hydroxyl groups is 1. The minimum absolute atomic E-state index is 0.545. The fourth-order valence-electron chi connectivity index (χ4n) is 1.52. The summed E-state index contributed by atoms with van der Waals surface area (Å²) in [6, 6.07) is 0. The predicted molar refractivity (Wildman–Crippen MR) is 61.0 cm³/mol. The van der Waals surface area contributed by atoms with Gasteiger partial charge in [-0.1, -0.05) is 0 Å². The van der Waals surface area contributed by atoms with E-state index in [1.165, 1.54) is 0 Å². The normalized spacial score (nSPS) is 13.0. The van der Waals surface area contributed by atoms with E-state index in [1.807, 2.05) is 35.5 Å². The molecule has 2 heterocycles. The van der Waals surface area contributed by atoms with E-state index in [0.29, 0.717) is 0 Å². The molecule has 3 nitrogen and oxygen atoms in total. The maximum absolute atomic E-state index is 10.1. The van der Waals surface area contributed by atoms with E-state index in [2.05, 4.69) is 5.10 Å². The van der Waals surface area contributed by atoms with Crippen LogP contribution in [0.3, 0.4) is 0 Å². The van der Waals surface area contributed by atoms with Crippen LogP contribution < -0.4 is 0 Å². The topological polar surface area (TPSA) is 38.0 Å². The van der Waals surface area contributed by atoms with Crippen molar-refractivity contribution in [3.05, 3.63) is 39.8 Å². The summed E-state index contributed by atoms with van der Waals surface area (Å²) in [7, 11) is 0. The predicted octanol–water partition coefficient (Wildman–Crippen LogP) is 2.35. The van der Waals surface area contributed by atoms with Crippen molar-refractivity contribution in [2.24, 2.45) is 0 Å². The third kappa shape index (κ3) is 1.96. The molecule has 15 heavy (non-hydrogen) atoms. The van der Waals surface area contributed by atoms with Crippen LogP contribution >= 0.6 is 11.3 Å². The van der Waals surface area contributed by atoms with Gasteiger partial charge in [0.15, 0.2) is 0 Å². The van der Waals surface area contributed by atoms with Crippen LogP contribution in [-0.4, -0.2) is 14.9 Å². The van der Waals surface area contributed by atoms with Crippen molar-refractivity contribution < 1.29 is 5.11 Å². The van der Waals surface area contributed by atoms with Crippen molar-refractivity contribution in [2.45, 2.75) is 26.5 Å². The number of hydrogen-bond donors (Lipinski definition) is 1. The SMILES string of the molecule is CCn1cc(C(O)c2cscc2C)cn1. The van der Waals surface area contributed by atoms with Gasteiger partial charge in [0.2, 0.25) is 0 Å². The summed E-state index contributed by atoms with van der Waals surface area (Å²) in [6.07, 6.45) is 3.07. The van der Waals surface area contributed by atoms with Gasteiger partial charge in [-0.05, 0) is 35.7 Å². The molecular formula is C11H14N2OS. The van der Waals surface area contributed by atoms with Gasteiger partial charge in [-0.2, -0.15) is 16.4 Å². The Morgan fingerprint density at radius 3 is 2.87 bits per heavy atom. The van der Waals surface area contributed by atoms with Crippen molar-refractivity contribution in [2.75, 3.05) is 0 Å². The van der Waals surface area contributed by atoms with Crippen molar-refractivity contribution in [3.63, 3.8) is 0 Å². The molecule has 0 aliphatic carbocycles. The number of aliphatic hydroxyl groups excluding tert-OH is 1. The quantitative estimate of drug-likeness (QED) is 0.865. The number of rotatable bonds is 3. The van der Waals surface area contributed by atoms with Crippen LogP contribution in [0.25, 0.3) is 0 Å². The molecule has 0 radical (unpaired) electrons. The number of aromatic nitrogens is 2. The van der Waals surface area contributed by atoms with E-state index in [-0.39, 0.29) is 0 Å². The zero-order valence-corrected chi connectivity index (χ0v) is 9.66. The number of nitrogens with zero attached hydrogens (tertiary/aromatic N) is 2. The Bertz CT molecular complexity index is 447. The highest BCUT2D eigenvalue weighted by Crippen LogP contribution is 2.26. The lowest BCUT2D eigenvalue weighted by molar-refractivity contribution is 0.220. The van der Waals surface area contributed by atoms with Gasteiger partial charge in [-0.15, -0.1) is 0 Å². The molecular weight excluding hydrogens is 208 g/mol. The summed E-state index contributed by atoms with van der Waals surface area (Å²) in [6.45, 7) is 4.87. The van der Waals surface area contributed by atoms with Gasteiger partial charge in [0.1, 0.15) is 6.10 Å². The Morgan fingerprint density at radius 2 is 2.33 bits per heavy atom. The van der Waals surface area contributed by atoms with Crippen LogP contribution in [0.15, 0.2) is 23.2 Å². The molecule has 80 valence electrons. The Labute approximate surface area is 93.0 Å². The lowest BCUT2D eigenvalue weighted by Gasteiger charge is -2.07. The minimum Gasteiger partial charge on any atom is -0.383 e. The van der Waals surface area contributed by atoms with Crippen molar-refractivity contribution in [1.82, 2.24) is 9.78 Å². The highest BCUT2D eigenvalue weighted by atomic mass is 32.1. The Morgan fingerprint density at radius 1 is 1.53 bits per heavy atom. The highest BCUT2D eigenvalue weighted by molar-refractivity contribution is 7.08. The van der Waals surface area contributed by atoms with Gasteiger partial charge in [0, 0.05) is 18.3 Å². The summed E-state index contributed by atoms with van der Waals surface area (Å²) in [5.41, 5.74) is 2.98. The second-order valence-electron chi connectivity index (χ2n) is 3.54.